The topological polar surface area (TPSA) is 62.2 Å². The van der Waals surface area contributed by atoms with Crippen molar-refractivity contribution in [3.05, 3.63) is 28.2 Å². The van der Waals surface area contributed by atoms with Gasteiger partial charge in [0.15, 0.2) is 5.82 Å². The summed E-state index contributed by atoms with van der Waals surface area (Å²) in [6.07, 6.45) is 3.83. The number of rotatable bonds is 7. The molecule has 0 saturated heterocycles. The predicted molar refractivity (Wildman–Crippen MR) is 79.0 cm³/mol. The van der Waals surface area contributed by atoms with Crippen molar-refractivity contribution in [1.29, 1.82) is 0 Å². The molecule has 0 aliphatic carbocycles. The summed E-state index contributed by atoms with van der Waals surface area (Å²) in [5.74, 6) is -1.23. The van der Waals surface area contributed by atoms with Crippen LogP contribution in [0.4, 0.5) is 4.39 Å². The lowest BCUT2D eigenvalue weighted by atomic mass is 9.92. The molecule has 0 aliphatic heterocycles. The Kier molecular flexibility index (Phi) is 6.55. The Bertz CT molecular complexity index is 462. The van der Waals surface area contributed by atoms with Crippen LogP contribution in [-0.4, -0.2) is 28.1 Å². The molecule has 1 aromatic rings. The van der Waals surface area contributed by atoms with E-state index in [1.165, 1.54) is 6.07 Å². The minimum atomic E-state index is -0.931. The average molecular weight is 347 g/mol. The Balaban J connectivity index is 2.72. The second-order valence-electron chi connectivity index (χ2n) is 4.89. The normalized spacial score (nSPS) is 11.4. The fourth-order valence-corrected chi connectivity index (χ4v) is 2.49. The fraction of sp³-hybridized carbons (Fsp3) is 0.571. The van der Waals surface area contributed by atoms with Crippen LogP contribution in [0.1, 0.15) is 49.9 Å². The molecule has 6 heteroatoms. The van der Waals surface area contributed by atoms with Gasteiger partial charge in [-0.05, 0) is 34.8 Å². The van der Waals surface area contributed by atoms with Gasteiger partial charge in [-0.2, -0.15) is 0 Å². The first-order chi connectivity index (χ1) is 9.41. The molecule has 2 N–H and O–H groups in total. The van der Waals surface area contributed by atoms with Crippen molar-refractivity contribution in [3.8, 4) is 0 Å². The molecule has 0 aliphatic rings. The van der Waals surface area contributed by atoms with Crippen LogP contribution in [0.5, 0.6) is 0 Å². The number of halogens is 2. The van der Waals surface area contributed by atoms with Crippen LogP contribution in [0.3, 0.4) is 0 Å². The Morgan fingerprint density at radius 3 is 2.60 bits per heavy atom. The molecule has 112 valence electrons. The van der Waals surface area contributed by atoms with Crippen molar-refractivity contribution in [2.45, 2.75) is 45.1 Å². The third-order valence-electron chi connectivity index (χ3n) is 3.08. The van der Waals surface area contributed by atoms with Gasteiger partial charge in [-0.25, -0.2) is 9.37 Å². The van der Waals surface area contributed by atoms with E-state index in [2.05, 4.69) is 26.2 Å². The van der Waals surface area contributed by atoms with Gasteiger partial charge in [-0.15, -0.1) is 0 Å². The molecule has 20 heavy (non-hydrogen) atoms. The van der Waals surface area contributed by atoms with Gasteiger partial charge in [0.1, 0.15) is 4.60 Å². The number of hydrogen-bond donors (Lipinski definition) is 2. The van der Waals surface area contributed by atoms with E-state index in [-0.39, 0.29) is 12.1 Å². The lowest BCUT2D eigenvalue weighted by molar-refractivity contribution is 0.0212. The van der Waals surface area contributed by atoms with Gasteiger partial charge in [-0.3, -0.25) is 4.79 Å². The highest BCUT2D eigenvalue weighted by molar-refractivity contribution is 9.10. The zero-order chi connectivity index (χ0) is 15.2. The molecule has 0 saturated carbocycles. The maximum atomic E-state index is 13.5. The van der Waals surface area contributed by atoms with Crippen molar-refractivity contribution < 1.29 is 14.3 Å². The van der Waals surface area contributed by atoms with Gasteiger partial charge in [0.25, 0.3) is 5.91 Å². The quantitative estimate of drug-likeness (QED) is 0.746. The Morgan fingerprint density at radius 2 is 2.05 bits per heavy atom. The molecule has 1 aromatic heterocycles. The first kappa shape index (κ1) is 17.0. The summed E-state index contributed by atoms with van der Waals surface area (Å²) >= 11 is 3.10. The Hall–Kier alpha value is -1.01. The van der Waals surface area contributed by atoms with E-state index >= 15 is 0 Å². The zero-order valence-corrected chi connectivity index (χ0v) is 13.3. The molecule has 1 heterocycles. The number of nitrogens with one attached hydrogen (secondary N) is 1. The highest BCUT2D eigenvalue weighted by Gasteiger charge is 2.26. The summed E-state index contributed by atoms with van der Waals surface area (Å²) in [7, 11) is 0. The van der Waals surface area contributed by atoms with E-state index in [1.807, 2.05) is 13.8 Å². The lowest BCUT2D eigenvalue weighted by Crippen LogP contribution is -2.43. The second kappa shape index (κ2) is 7.69. The standard InChI is InChI=1S/C14H20BrFN2O2/c1-3-5-14(20,6-4-2)9-18-13(19)10-7-12(15)17-8-11(10)16/h7-8,20H,3-6,9H2,1-2H3,(H,18,19). The summed E-state index contributed by atoms with van der Waals surface area (Å²) < 4.78 is 13.9. The van der Waals surface area contributed by atoms with Crippen LogP contribution in [0.15, 0.2) is 16.9 Å². The molecule has 0 aromatic carbocycles. The van der Waals surface area contributed by atoms with E-state index in [0.29, 0.717) is 17.4 Å². The Labute approximate surface area is 126 Å². The lowest BCUT2D eigenvalue weighted by Gasteiger charge is -2.27. The number of amides is 1. The van der Waals surface area contributed by atoms with Gasteiger partial charge in [0, 0.05) is 6.54 Å². The van der Waals surface area contributed by atoms with E-state index < -0.39 is 17.3 Å². The van der Waals surface area contributed by atoms with Crippen molar-refractivity contribution in [2.75, 3.05) is 6.54 Å². The van der Waals surface area contributed by atoms with Crippen molar-refractivity contribution in [1.82, 2.24) is 10.3 Å². The van der Waals surface area contributed by atoms with Crippen molar-refractivity contribution in [3.63, 3.8) is 0 Å². The largest absolute Gasteiger partial charge is 0.388 e. The van der Waals surface area contributed by atoms with Crippen LogP contribution in [0.25, 0.3) is 0 Å². The molecular formula is C14H20BrFN2O2. The van der Waals surface area contributed by atoms with Gasteiger partial charge in [-0.1, -0.05) is 26.7 Å². The molecule has 0 atom stereocenters. The van der Waals surface area contributed by atoms with E-state index in [0.717, 1.165) is 19.0 Å². The average Bonchev–Trinajstić information content (AvgIpc) is 2.39. The van der Waals surface area contributed by atoms with Crippen LogP contribution < -0.4 is 5.32 Å². The monoisotopic (exact) mass is 346 g/mol. The van der Waals surface area contributed by atoms with E-state index in [1.54, 1.807) is 0 Å². The predicted octanol–water partition coefficient (Wildman–Crippen LogP) is 3.04. The minimum Gasteiger partial charge on any atom is -0.388 e. The van der Waals surface area contributed by atoms with Crippen molar-refractivity contribution >= 4 is 21.8 Å². The molecule has 0 spiro atoms. The van der Waals surface area contributed by atoms with E-state index in [9.17, 15) is 14.3 Å². The summed E-state index contributed by atoms with van der Waals surface area (Å²) in [5.41, 5.74) is -1.01. The van der Waals surface area contributed by atoms with E-state index in [4.69, 9.17) is 0 Å². The molecule has 1 rings (SSSR count). The number of hydrogen-bond acceptors (Lipinski definition) is 3. The zero-order valence-electron chi connectivity index (χ0n) is 11.7. The third-order valence-corrected chi connectivity index (χ3v) is 3.51. The van der Waals surface area contributed by atoms with Gasteiger partial charge in [0.05, 0.1) is 17.4 Å². The molecule has 0 bridgehead atoms. The SMILES string of the molecule is CCCC(O)(CCC)CNC(=O)c1cc(Br)ncc1F. The number of aromatic nitrogens is 1. The highest BCUT2D eigenvalue weighted by Crippen LogP contribution is 2.19. The molecule has 4 nitrogen and oxygen atoms in total. The van der Waals surface area contributed by atoms with Crippen LogP contribution in [0, 0.1) is 5.82 Å². The van der Waals surface area contributed by atoms with Gasteiger partial charge >= 0.3 is 0 Å². The van der Waals surface area contributed by atoms with Gasteiger partial charge < -0.3 is 10.4 Å². The fourth-order valence-electron chi connectivity index (χ4n) is 2.16. The minimum absolute atomic E-state index is 0.0813. The smallest absolute Gasteiger partial charge is 0.254 e. The first-order valence-electron chi connectivity index (χ1n) is 6.73. The molecule has 0 unspecified atom stereocenters. The number of pyridine rings is 1. The molecular weight excluding hydrogens is 327 g/mol. The summed E-state index contributed by atoms with van der Waals surface area (Å²) in [6.45, 7) is 4.07. The van der Waals surface area contributed by atoms with Crippen molar-refractivity contribution in [2.24, 2.45) is 0 Å². The summed E-state index contributed by atoms with van der Waals surface area (Å²) in [4.78, 5) is 15.7. The first-order valence-corrected chi connectivity index (χ1v) is 7.52. The maximum absolute atomic E-state index is 13.5. The number of nitrogens with zero attached hydrogens (tertiary/aromatic N) is 1. The highest BCUT2D eigenvalue weighted by atomic mass is 79.9. The van der Waals surface area contributed by atoms with Crippen LogP contribution >= 0.6 is 15.9 Å². The van der Waals surface area contributed by atoms with Crippen LogP contribution in [0.2, 0.25) is 0 Å². The maximum Gasteiger partial charge on any atom is 0.254 e. The third kappa shape index (κ3) is 4.83. The van der Waals surface area contributed by atoms with Crippen LogP contribution in [-0.2, 0) is 0 Å². The van der Waals surface area contributed by atoms with Gasteiger partial charge in [0.2, 0.25) is 0 Å². The number of carbonyl (C=O) groups is 1. The molecule has 1 amide bonds. The number of aliphatic hydroxyl groups is 1. The summed E-state index contributed by atoms with van der Waals surface area (Å²) in [6, 6.07) is 1.32. The molecule has 0 radical (unpaired) electrons. The summed E-state index contributed by atoms with van der Waals surface area (Å²) in [5, 5.41) is 13.0. The Morgan fingerprint density at radius 1 is 1.45 bits per heavy atom. The number of carbonyl (C=O) groups excluding carboxylic acids is 1. The second-order valence-corrected chi connectivity index (χ2v) is 5.71. The molecule has 0 fully saturated rings.